The largest absolute Gasteiger partial charge is 0.508 e. The Morgan fingerprint density at radius 2 is 1.35 bits per heavy atom. The Balaban J connectivity index is 2.33. The summed E-state index contributed by atoms with van der Waals surface area (Å²) in [4.78, 5) is 25.0. The summed E-state index contributed by atoms with van der Waals surface area (Å²) >= 11 is 7.55. The van der Waals surface area contributed by atoms with E-state index >= 15 is 0 Å². The van der Waals surface area contributed by atoms with E-state index in [1.807, 2.05) is 45.2 Å². The van der Waals surface area contributed by atoms with E-state index in [0.717, 1.165) is 3.11 Å². The van der Waals surface area contributed by atoms with Crippen molar-refractivity contribution in [2.24, 2.45) is 0 Å². The topological polar surface area (TPSA) is 96.3 Å². The van der Waals surface area contributed by atoms with Gasteiger partial charge in [0.2, 0.25) is 3.55 Å². The Bertz CT molecular complexity index is 944. The first-order chi connectivity index (χ1) is 14.2. The first kappa shape index (κ1) is 26.9. The van der Waals surface area contributed by atoms with Crippen LogP contribution in [0.15, 0.2) is 48.5 Å². The van der Waals surface area contributed by atoms with Crippen LogP contribution in [0.1, 0.15) is 26.3 Å². The zero-order valence-corrected chi connectivity index (χ0v) is 25.2. The molecule has 168 valence electrons. The lowest BCUT2D eigenvalue weighted by Gasteiger charge is -2.41. The summed E-state index contributed by atoms with van der Waals surface area (Å²) < 4.78 is 9.51. The summed E-state index contributed by atoms with van der Waals surface area (Å²) in [6.45, 7) is 5.16. The van der Waals surface area contributed by atoms with E-state index in [0.29, 0.717) is 17.1 Å². The molecule has 31 heavy (non-hydrogen) atoms. The van der Waals surface area contributed by atoms with Gasteiger partial charge in [-0.15, -0.1) is 0 Å². The van der Waals surface area contributed by atoms with Gasteiger partial charge >= 0.3 is 12.1 Å². The minimum Gasteiger partial charge on any atom is -0.508 e. The van der Waals surface area contributed by atoms with Crippen LogP contribution in [-0.2, 0) is 11.0 Å². The lowest BCUT2D eigenvalue weighted by molar-refractivity contribution is -0.141. The maximum atomic E-state index is 12.7. The van der Waals surface area contributed by atoms with E-state index in [9.17, 15) is 19.8 Å². The van der Waals surface area contributed by atoms with E-state index in [4.69, 9.17) is 9.47 Å². The molecule has 1 atom stereocenters. The van der Waals surface area contributed by atoms with Crippen LogP contribution < -0.4 is 4.74 Å². The van der Waals surface area contributed by atoms with Gasteiger partial charge in [0.1, 0.15) is 24.3 Å². The van der Waals surface area contributed by atoms with Crippen LogP contribution in [0.4, 0.5) is 4.79 Å². The predicted octanol–water partition coefficient (Wildman–Crippen LogP) is 7.01. The molecule has 2 rings (SSSR count). The van der Waals surface area contributed by atoms with E-state index in [-0.39, 0.29) is 5.75 Å². The second-order valence-electron chi connectivity index (χ2n) is 7.38. The van der Waals surface area contributed by atoms with Crippen LogP contribution in [-0.4, -0.2) is 34.5 Å². The zero-order valence-electron chi connectivity index (χ0n) is 16.6. The number of hydrogen-bond acceptors (Lipinski definition) is 5. The Labute approximate surface area is 235 Å². The van der Waals surface area contributed by atoms with Gasteiger partial charge < -0.3 is 19.7 Å². The zero-order chi connectivity index (χ0) is 23.6. The van der Waals surface area contributed by atoms with Crippen molar-refractivity contribution in [2.45, 2.75) is 31.3 Å². The average molecular weight is 877 g/mol. The fourth-order valence-electron chi connectivity index (χ4n) is 2.34. The molecule has 2 aromatic carbocycles. The van der Waals surface area contributed by atoms with Gasteiger partial charge in [-0.25, -0.2) is 12.7 Å². The highest BCUT2D eigenvalue weighted by Crippen LogP contribution is 2.56. The molecule has 0 saturated heterocycles. The SMILES string of the molecule is CC(C)(C)OC(=O)N(I)[C@](I)(C(=O)O)C(I)(I)c1ccc(Oc2ccc(O)cc2)cc1. The minimum absolute atomic E-state index is 0.141. The maximum Gasteiger partial charge on any atom is 0.420 e. The van der Waals surface area contributed by atoms with Gasteiger partial charge in [-0.1, -0.05) is 57.3 Å². The summed E-state index contributed by atoms with van der Waals surface area (Å²) in [6.07, 6.45) is -0.741. The van der Waals surface area contributed by atoms with Gasteiger partial charge in [-0.05, 0) is 85.3 Å². The third-order valence-corrected chi connectivity index (χ3v) is 12.5. The number of carboxylic acids is 1. The smallest absolute Gasteiger partial charge is 0.420 e. The minimum atomic E-state index is -1.66. The summed E-state index contributed by atoms with van der Waals surface area (Å²) in [5.74, 6) is 0.0630. The number of benzene rings is 2. The maximum absolute atomic E-state index is 12.7. The lowest BCUT2D eigenvalue weighted by Crippen LogP contribution is -2.57. The summed E-state index contributed by atoms with van der Waals surface area (Å²) in [7, 11) is 0. The summed E-state index contributed by atoms with van der Waals surface area (Å²) in [6, 6.07) is 13.3. The fraction of sp³-hybridized carbons (Fsp3) is 0.300. The van der Waals surface area contributed by atoms with Gasteiger partial charge in [-0.3, -0.25) is 0 Å². The Kier molecular flexibility index (Phi) is 8.97. The Hall–Kier alpha value is -0.300. The van der Waals surface area contributed by atoms with Crippen LogP contribution in [0, 0.1) is 0 Å². The molecule has 0 aliphatic carbocycles. The molecule has 0 aliphatic rings. The summed E-state index contributed by atoms with van der Waals surface area (Å²) in [5, 5.41) is 19.5. The number of amides is 1. The molecular weight excluding hydrogens is 858 g/mol. The molecule has 11 heteroatoms. The second-order valence-corrected chi connectivity index (χ2v) is 15.2. The van der Waals surface area contributed by atoms with Crippen molar-refractivity contribution in [1.29, 1.82) is 0 Å². The molecule has 0 aromatic heterocycles. The molecule has 7 nitrogen and oxygen atoms in total. The standard InChI is InChI=1S/C20H19I4NO6/c1-18(2,3)31-17(29)25(24)20(23,16(27)28)19(21,22)12-4-8-14(9-5-12)30-15-10-6-13(26)7-11-15/h4-11,26H,1-3H3,(H,27,28)/t20-/m1/s1. The molecule has 0 saturated carbocycles. The molecular formula is C20H19I4NO6. The van der Waals surface area contributed by atoms with E-state index in [1.54, 1.807) is 103 Å². The number of rotatable bonds is 6. The van der Waals surface area contributed by atoms with Crippen molar-refractivity contribution >= 4 is 103 Å². The number of aliphatic carboxylic acids is 1. The highest BCUT2D eigenvalue weighted by molar-refractivity contribution is 14.2. The van der Waals surface area contributed by atoms with E-state index in [2.05, 4.69) is 0 Å². The molecule has 0 aliphatic heterocycles. The number of aromatic hydroxyl groups is 1. The number of hydrogen-bond donors (Lipinski definition) is 2. The normalized spacial score (nSPS) is 13.8. The number of ether oxygens (including phenoxy) is 2. The molecule has 2 aromatic rings. The number of carbonyl (C=O) groups excluding carboxylic acids is 1. The third kappa shape index (κ3) is 6.39. The van der Waals surface area contributed by atoms with Crippen molar-refractivity contribution in [3.8, 4) is 17.2 Å². The van der Waals surface area contributed by atoms with E-state index < -0.39 is 22.6 Å². The highest BCUT2D eigenvalue weighted by Gasteiger charge is 2.60. The van der Waals surface area contributed by atoms with Crippen LogP contribution in [0.3, 0.4) is 0 Å². The average Bonchev–Trinajstić information content (AvgIpc) is 2.67. The van der Waals surface area contributed by atoms with Crippen LogP contribution in [0.25, 0.3) is 0 Å². The number of alkyl halides is 3. The van der Waals surface area contributed by atoms with E-state index in [1.165, 1.54) is 12.1 Å². The number of nitrogens with zero attached hydrogens (tertiary/aromatic N) is 1. The van der Waals surface area contributed by atoms with Crippen LogP contribution in [0.2, 0.25) is 0 Å². The molecule has 0 bridgehead atoms. The molecule has 1 amide bonds. The third-order valence-electron chi connectivity index (χ3n) is 3.81. The molecule has 0 spiro atoms. The van der Waals surface area contributed by atoms with Crippen molar-refractivity contribution in [3.63, 3.8) is 0 Å². The van der Waals surface area contributed by atoms with Gasteiger partial charge in [0, 0.05) is 0 Å². The highest BCUT2D eigenvalue weighted by atomic mass is 127. The lowest BCUT2D eigenvalue weighted by atomic mass is 10.1. The number of phenolic OH excluding ortho intramolecular Hbond substituents is 1. The molecule has 2 N–H and O–H groups in total. The van der Waals surface area contributed by atoms with Gasteiger partial charge in [0.25, 0.3) is 0 Å². The predicted molar refractivity (Wildman–Crippen MR) is 151 cm³/mol. The monoisotopic (exact) mass is 877 g/mol. The van der Waals surface area contributed by atoms with Crippen molar-refractivity contribution < 1.29 is 29.3 Å². The first-order valence-electron chi connectivity index (χ1n) is 8.75. The molecule has 0 fully saturated rings. The number of carbonyl (C=O) groups is 2. The molecule has 0 unspecified atom stereocenters. The second kappa shape index (κ2) is 10.3. The summed E-state index contributed by atoms with van der Waals surface area (Å²) in [5.41, 5.74) is -0.0861. The van der Waals surface area contributed by atoms with Gasteiger partial charge in [-0.2, -0.15) is 0 Å². The molecule has 0 radical (unpaired) electrons. The van der Waals surface area contributed by atoms with Crippen molar-refractivity contribution in [2.75, 3.05) is 0 Å². The number of halogens is 4. The first-order valence-corrected chi connectivity index (χ1v) is 12.9. The van der Waals surface area contributed by atoms with Crippen LogP contribution in [0.5, 0.6) is 17.2 Å². The Morgan fingerprint density at radius 1 is 0.903 bits per heavy atom. The fourth-order valence-corrected chi connectivity index (χ4v) is 6.10. The van der Waals surface area contributed by atoms with Crippen LogP contribution >= 0.6 is 90.6 Å². The van der Waals surface area contributed by atoms with Gasteiger partial charge in [0.05, 0.1) is 22.9 Å². The van der Waals surface area contributed by atoms with Gasteiger partial charge in [0.15, 0.2) is 0 Å². The number of carboxylic acid groups (broad SMARTS) is 1. The number of phenols is 1. The quantitative estimate of drug-likeness (QED) is 0.141. The van der Waals surface area contributed by atoms with Crippen molar-refractivity contribution in [3.05, 3.63) is 54.1 Å². The Morgan fingerprint density at radius 3 is 1.77 bits per heavy atom. The molecule has 0 heterocycles. The van der Waals surface area contributed by atoms with Crippen molar-refractivity contribution in [1.82, 2.24) is 3.11 Å².